The molecule has 100 valence electrons. The number of carboxylic acid groups (broad SMARTS) is 1. The lowest BCUT2D eigenvalue weighted by molar-refractivity contribution is 0.0696. The smallest absolute Gasteiger partial charge is 0.335 e. The normalized spacial score (nSPS) is 12.3. The summed E-state index contributed by atoms with van der Waals surface area (Å²) in [5.74, 6) is -0.448. The monoisotopic (exact) mass is 270 g/mol. The third-order valence-corrected chi connectivity index (χ3v) is 4.07. The molecule has 0 saturated carbocycles. The number of carboxylic acids is 1. The van der Waals surface area contributed by atoms with Gasteiger partial charge in [0, 0.05) is 24.4 Å². The maximum atomic E-state index is 12.0. The van der Waals surface area contributed by atoms with Crippen LogP contribution in [-0.2, 0) is 15.5 Å². The molecule has 0 fully saturated rings. The van der Waals surface area contributed by atoms with Crippen LogP contribution in [0.1, 0.15) is 28.8 Å². The summed E-state index contributed by atoms with van der Waals surface area (Å²) in [4.78, 5) is 11.6. The van der Waals surface area contributed by atoms with E-state index in [0.29, 0.717) is 22.8 Å². The second-order valence-electron chi connectivity index (χ2n) is 4.03. The molecule has 1 N–H and O–H groups in total. The number of hydrogen-bond acceptors (Lipinski definition) is 3. The Balaban J connectivity index is 2.68. The van der Waals surface area contributed by atoms with Crippen LogP contribution in [0.15, 0.2) is 23.1 Å². The van der Waals surface area contributed by atoms with Gasteiger partial charge in [-0.05, 0) is 37.5 Å². The van der Waals surface area contributed by atoms with Crippen LogP contribution in [0.2, 0.25) is 0 Å². The average molecular weight is 270 g/mol. The Hall–Kier alpha value is -1.20. The number of aromatic carboxylic acids is 1. The van der Waals surface area contributed by atoms with Crippen LogP contribution >= 0.6 is 0 Å². The van der Waals surface area contributed by atoms with Gasteiger partial charge in [-0.25, -0.2) is 4.79 Å². The third kappa shape index (κ3) is 4.23. The van der Waals surface area contributed by atoms with Gasteiger partial charge in [-0.3, -0.25) is 4.21 Å². The fourth-order valence-corrected chi connectivity index (χ4v) is 2.74. The van der Waals surface area contributed by atoms with Gasteiger partial charge in [-0.15, -0.1) is 0 Å². The van der Waals surface area contributed by atoms with E-state index in [2.05, 4.69) is 0 Å². The summed E-state index contributed by atoms with van der Waals surface area (Å²) in [5.41, 5.74) is 0.903. The minimum atomic E-state index is -1.14. The molecule has 5 heteroatoms. The summed E-state index contributed by atoms with van der Waals surface area (Å²) in [5, 5.41) is 9.00. The molecule has 0 saturated heterocycles. The van der Waals surface area contributed by atoms with Crippen LogP contribution in [0.4, 0.5) is 0 Å². The fraction of sp³-hybridized carbons (Fsp3) is 0.462. The van der Waals surface area contributed by atoms with Crippen LogP contribution in [-0.4, -0.2) is 34.8 Å². The Morgan fingerprint density at radius 3 is 2.72 bits per heavy atom. The minimum absolute atomic E-state index is 0.220. The average Bonchev–Trinajstić information content (AvgIpc) is 2.34. The van der Waals surface area contributed by atoms with Crippen molar-refractivity contribution in [3.05, 3.63) is 29.3 Å². The number of hydrogen-bond donors (Lipinski definition) is 1. The van der Waals surface area contributed by atoms with Crippen molar-refractivity contribution in [1.29, 1.82) is 0 Å². The Labute approximate surface area is 109 Å². The molecule has 0 spiro atoms. The molecule has 0 heterocycles. The molecule has 0 aliphatic heterocycles. The third-order valence-electron chi connectivity index (χ3n) is 2.63. The van der Waals surface area contributed by atoms with Crippen molar-refractivity contribution in [2.45, 2.75) is 24.7 Å². The Morgan fingerprint density at radius 2 is 2.11 bits per heavy atom. The molecule has 4 nitrogen and oxygen atoms in total. The van der Waals surface area contributed by atoms with Crippen molar-refractivity contribution < 1.29 is 18.8 Å². The van der Waals surface area contributed by atoms with E-state index in [1.807, 2.05) is 0 Å². The quantitative estimate of drug-likeness (QED) is 0.772. The lowest BCUT2D eigenvalue weighted by atomic mass is 10.1. The first-order valence-corrected chi connectivity index (χ1v) is 7.09. The molecule has 0 aliphatic rings. The number of carbonyl (C=O) groups is 1. The number of aryl methyl sites for hydroxylation is 1. The highest BCUT2D eigenvalue weighted by Gasteiger charge is 2.11. The van der Waals surface area contributed by atoms with Crippen molar-refractivity contribution in [2.24, 2.45) is 0 Å². The molecule has 18 heavy (non-hydrogen) atoms. The molecular weight excluding hydrogens is 252 g/mol. The lowest BCUT2D eigenvalue weighted by Gasteiger charge is -2.06. The number of benzene rings is 1. The summed E-state index contributed by atoms with van der Waals surface area (Å²) in [6.07, 6.45) is 1.66. The molecule has 0 amide bonds. The number of unbranched alkanes of at least 4 members (excludes halogenated alkanes) is 1. The highest BCUT2D eigenvalue weighted by Crippen LogP contribution is 2.15. The maximum absolute atomic E-state index is 12.0. The van der Waals surface area contributed by atoms with Crippen LogP contribution in [0.25, 0.3) is 0 Å². The predicted molar refractivity (Wildman–Crippen MR) is 70.5 cm³/mol. The Morgan fingerprint density at radius 1 is 1.39 bits per heavy atom. The zero-order chi connectivity index (χ0) is 13.5. The van der Waals surface area contributed by atoms with Gasteiger partial charge in [0.2, 0.25) is 0 Å². The Kier molecular flexibility index (Phi) is 6.01. The topological polar surface area (TPSA) is 63.6 Å². The van der Waals surface area contributed by atoms with Crippen molar-refractivity contribution in [1.82, 2.24) is 0 Å². The van der Waals surface area contributed by atoms with E-state index in [4.69, 9.17) is 9.84 Å². The van der Waals surface area contributed by atoms with Gasteiger partial charge in [-0.1, -0.05) is 6.07 Å². The maximum Gasteiger partial charge on any atom is 0.335 e. The minimum Gasteiger partial charge on any atom is -0.478 e. The fourth-order valence-electron chi connectivity index (χ4n) is 1.57. The van der Waals surface area contributed by atoms with Gasteiger partial charge in [0.05, 0.1) is 16.4 Å². The van der Waals surface area contributed by atoms with Gasteiger partial charge in [0.1, 0.15) is 0 Å². The van der Waals surface area contributed by atoms with E-state index in [0.717, 1.165) is 12.8 Å². The highest BCUT2D eigenvalue weighted by molar-refractivity contribution is 7.85. The zero-order valence-corrected chi connectivity index (χ0v) is 11.5. The van der Waals surface area contributed by atoms with E-state index in [1.165, 1.54) is 6.07 Å². The Bertz CT molecular complexity index is 443. The van der Waals surface area contributed by atoms with Gasteiger partial charge < -0.3 is 9.84 Å². The summed E-state index contributed by atoms with van der Waals surface area (Å²) in [6.45, 7) is 2.39. The SMILES string of the molecule is COCCCCS(=O)c1ccc(C)c(C(=O)O)c1. The van der Waals surface area contributed by atoms with Crippen molar-refractivity contribution >= 4 is 16.8 Å². The van der Waals surface area contributed by atoms with E-state index >= 15 is 0 Å². The van der Waals surface area contributed by atoms with E-state index < -0.39 is 16.8 Å². The molecule has 1 unspecified atom stereocenters. The molecule has 1 rings (SSSR count). The van der Waals surface area contributed by atoms with Gasteiger partial charge in [0.15, 0.2) is 0 Å². The lowest BCUT2D eigenvalue weighted by Crippen LogP contribution is -2.04. The van der Waals surface area contributed by atoms with Gasteiger partial charge in [0.25, 0.3) is 0 Å². The van der Waals surface area contributed by atoms with Crippen LogP contribution in [0.5, 0.6) is 0 Å². The number of rotatable bonds is 7. The second-order valence-corrected chi connectivity index (χ2v) is 5.60. The summed E-state index contributed by atoms with van der Waals surface area (Å²) < 4.78 is 16.9. The highest BCUT2D eigenvalue weighted by atomic mass is 32.2. The molecule has 1 aromatic carbocycles. The summed E-state index contributed by atoms with van der Waals surface area (Å²) in [6, 6.07) is 4.93. The molecule has 0 bridgehead atoms. The largest absolute Gasteiger partial charge is 0.478 e. The number of ether oxygens (including phenoxy) is 1. The van der Waals surface area contributed by atoms with E-state index in [1.54, 1.807) is 26.2 Å². The van der Waals surface area contributed by atoms with Gasteiger partial charge >= 0.3 is 5.97 Å². The van der Waals surface area contributed by atoms with Crippen molar-refractivity contribution in [3.63, 3.8) is 0 Å². The van der Waals surface area contributed by atoms with Gasteiger partial charge in [-0.2, -0.15) is 0 Å². The van der Waals surface area contributed by atoms with Crippen LogP contribution in [0.3, 0.4) is 0 Å². The van der Waals surface area contributed by atoms with Crippen LogP contribution in [0, 0.1) is 6.92 Å². The first-order chi connectivity index (χ1) is 8.56. The standard InChI is InChI=1S/C13H18O4S/c1-10-5-6-11(9-12(10)13(14)15)18(16)8-4-3-7-17-2/h5-6,9H,3-4,7-8H2,1-2H3,(H,14,15). The molecular formula is C13H18O4S. The van der Waals surface area contributed by atoms with Crippen LogP contribution < -0.4 is 0 Å². The molecule has 1 aromatic rings. The number of methoxy groups -OCH3 is 1. The molecule has 0 aromatic heterocycles. The summed E-state index contributed by atoms with van der Waals surface area (Å²) >= 11 is 0. The first-order valence-electron chi connectivity index (χ1n) is 5.77. The molecule has 0 aliphatic carbocycles. The molecule has 0 radical (unpaired) electrons. The summed E-state index contributed by atoms with van der Waals surface area (Å²) in [7, 11) is 0.494. The second kappa shape index (κ2) is 7.28. The molecule has 1 atom stereocenters. The predicted octanol–water partition coefficient (Wildman–Crippen LogP) is 2.23. The first kappa shape index (κ1) is 14.9. The van der Waals surface area contributed by atoms with E-state index in [-0.39, 0.29) is 5.56 Å². The van der Waals surface area contributed by atoms with Crippen molar-refractivity contribution in [3.8, 4) is 0 Å². The van der Waals surface area contributed by atoms with Crippen molar-refractivity contribution in [2.75, 3.05) is 19.5 Å². The zero-order valence-electron chi connectivity index (χ0n) is 10.6. The van der Waals surface area contributed by atoms with E-state index in [9.17, 15) is 9.00 Å².